The van der Waals surface area contributed by atoms with Crippen molar-refractivity contribution < 1.29 is 9.63 Å². The standard InChI is InChI=1S/C19H23N3O2.C9H10/c20-17-10-12-22(13-11-17)14-15-6-8-16(9-7-15)19(23)21-24-18-4-2-1-3-5-18;1-2-4-8(5-3-1)9-6-7-9/h1-9,17H,10-14,20H2,(H,21,23);1-5,9H,6-7H2. The summed E-state index contributed by atoms with van der Waals surface area (Å²) in [5, 5.41) is 0. The molecule has 0 bridgehead atoms. The van der Waals surface area contributed by atoms with E-state index in [0.717, 1.165) is 38.4 Å². The number of hydrogen-bond acceptors (Lipinski definition) is 4. The Morgan fingerprint density at radius 2 is 1.45 bits per heavy atom. The summed E-state index contributed by atoms with van der Waals surface area (Å²) in [6.45, 7) is 2.97. The molecule has 0 atom stereocenters. The summed E-state index contributed by atoms with van der Waals surface area (Å²) in [4.78, 5) is 19.8. The molecule has 1 aliphatic heterocycles. The Morgan fingerprint density at radius 3 is 2.06 bits per heavy atom. The highest BCUT2D eigenvalue weighted by Crippen LogP contribution is 2.39. The van der Waals surface area contributed by atoms with Crippen LogP contribution in [0.4, 0.5) is 0 Å². The van der Waals surface area contributed by atoms with Crippen LogP contribution in [0.1, 0.15) is 53.1 Å². The van der Waals surface area contributed by atoms with Crippen LogP contribution in [-0.2, 0) is 6.54 Å². The molecule has 33 heavy (non-hydrogen) atoms. The third-order valence-electron chi connectivity index (χ3n) is 6.11. The van der Waals surface area contributed by atoms with Crippen LogP contribution in [0.5, 0.6) is 5.75 Å². The highest BCUT2D eigenvalue weighted by atomic mass is 16.7. The summed E-state index contributed by atoms with van der Waals surface area (Å²) >= 11 is 0. The quantitative estimate of drug-likeness (QED) is 0.532. The summed E-state index contributed by atoms with van der Waals surface area (Å²) in [6, 6.07) is 27.9. The van der Waals surface area contributed by atoms with Crippen LogP contribution in [-0.4, -0.2) is 29.9 Å². The van der Waals surface area contributed by atoms with E-state index in [4.69, 9.17) is 10.6 Å². The molecule has 172 valence electrons. The number of amides is 1. The van der Waals surface area contributed by atoms with Gasteiger partial charge in [0.2, 0.25) is 0 Å². The van der Waals surface area contributed by atoms with E-state index in [1.54, 1.807) is 12.1 Å². The molecule has 1 aliphatic carbocycles. The van der Waals surface area contributed by atoms with Crippen molar-refractivity contribution in [1.29, 1.82) is 0 Å². The molecule has 5 heteroatoms. The lowest BCUT2D eigenvalue weighted by molar-refractivity contribution is 0.0760. The fraction of sp³-hybridized carbons (Fsp3) is 0.321. The molecule has 3 aromatic carbocycles. The van der Waals surface area contributed by atoms with E-state index >= 15 is 0 Å². The Balaban J connectivity index is 0.000000238. The number of nitrogens with two attached hydrogens (primary N) is 1. The molecule has 1 heterocycles. The number of likely N-dealkylation sites (tertiary alicyclic amines) is 1. The lowest BCUT2D eigenvalue weighted by atomic mass is 10.0. The van der Waals surface area contributed by atoms with Gasteiger partial charge in [0.05, 0.1) is 0 Å². The number of carbonyl (C=O) groups excluding carboxylic acids is 1. The van der Waals surface area contributed by atoms with E-state index in [-0.39, 0.29) is 5.91 Å². The molecular weight excluding hydrogens is 410 g/mol. The van der Waals surface area contributed by atoms with E-state index in [1.807, 2.05) is 42.5 Å². The molecule has 0 radical (unpaired) electrons. The number of hydrogen-bond donors (Lipinski definition) is 2. The zero-order valence-corrected chi connectivity index (χ0v) is 19.0. The number of piperidine rings is 1. The average Bonchev–Trinajstić information content (AvgIpc) is 3.72. The summed E-state index contributed by atoms with van der Waals surface area (Å²) in [5.41, 5.74) is 11.7. The predicted molar refractivity (Wildman–Crippen MR) is 132 cm³/mol. The smallest absolute Gasteiger partial charge is 0.283 e. The number of carbonyl (C=O) groups is 1. The molecule has 0 aromatic heterocycles. The molecule has 3 aromatic rings. The largest absolute Gasteiger partial charge is 0.379 e. The van der Waals surface area contributed by atoms with Gasteiger partial charge >= 0.3 is 0 Å². The normalized spacial score (nSPS) is 16.4. The van der Waals surface area contributed by atoms with Gasteiger partial charge in [-0.2, -0.15) is 5.48 Å². The topological polar surface area (TPSA) is 67.6 Å². The van der Waals surface area contributed by atoms with Crippen molar-refractivity contribution in [3.05, 3.63) is 102 Å². The second-order valence-electron chi connectivity index (χ2n) is 8.84. The maximum absolute atomic E-state index is 12.1. The second-order valence-corrected chi connectivity index (χ2v) is 8.84. The summed E-state index contributed by atoms with van der Waals surface area (Å²) in [7, 11) is 0. The highest BCUT2D eigenvalue weighted by Gasteiger charge is 2.22. The van der Waals surface area contributed by atoms with Crippen molar-refractivity contribution in [2.45, 2.75) is 44.2 Å². The van der Waals surface area contributed by atoms with Crippen LogP contribution >= 0.6 is 0 Å². The van der Waals surface area contributed by atoms with E-state index < -0.39 is 0 Å². The first-order valence-electron chi connectivity index (χ1n) is 11.8. The zero-order valence-electron chi connectivity index (χ0n) is 19.0. The van der Waals surface area contributed by atoms with Crippen LogP contribution in [0.25, 0.3) is 0 Å². The van der Waals surface area contributed by atoms with Gasteiger partial charge < -0.3 is 10.6 Å². The molecule has 0 spiro atoms. The van der Waals surface area contributed by atoms with Gasteiger partial charge in [-0.15, -0.1) is 0 Å². The van der Waals surface area contributed by atoms with E-state index in [2.05, 4.69) is 40.7 Å². The molecule has 2 aliphatic rings. The fourth-order valence-corrected chi connectivity index (χ4v) is 3.93. The Hall–Kier alpha value is -3.15. The zero-order chi connectivity index (χ0) is 22.9. The van der Waals surface area contributed by atoms with Gasteiger partial charge in [-0.3, -0.25) is 9.69 Å². The van der Waals surface area contributed by atoms with Crippen molar-refractivity contribution in [2.24, 2.45) is 5.73 Å². The van der Waals surface area contributed by atoms with Crippen molar-refractivity contribution in [1.82, 2.24) is 10.4 Å². The molecule has 5 rings (SSSR count). The van der Waals surface area contributed by atoms with Crippen molar-refractivity contribution in [2.75, 3.05) is 13.1 Å². The minimum absolute atomic E-state index is 0.255. The van der Waals surface area contributed by atoms with Gasteiger partial charge in [-0.05, 0) is 80.1 Å². The third-order valence-corrected chi connectivity index (χ3v) is 6.11. The fourth-order valence-electron chi connectivity index (χ4n) is 3.93. The van der Waals surface area contributed by atoms with Crippen LogP contribution in [0.3, 0.4) is 0 Å². The van der Waals surface area contributed by atoms with Gasteiger partial charge in [0.25, 0.3) is 5.91 Å². The monoisotopic (exact) mass is 443 g/mol. The van der Waals surface area contributed by atoms with Gasteiger partial charge in [0, 0.05) is 18.2 Å². The second kappa shape index (κ2) is 11.6. The number of para-hydroxylation sites is 1. The summed E-state index contributed by atoms with van der Waals surface area (Å²) in [6.07, 6.45) is 4.92. The number of hydroxylamine groups is 1. The average molecular weight is 444 g/mol. The third kappa shape index (κ3) is 7.45. The van der Waals surface area contributed by atoms with Gasteiger partial charge in [-0.1, -0.05) is 60.7 Å². The number of benzene rings is 3. The molecule has 5 nitrogen and oxygen atoms in total. The van der Waals surface area contributed by atoms with E-state index in [0.29, 0.717) is 17.4 Å². The number of nitrogens with one attached hydrogen (secondary N) is 1. The summed E-state index contributed by atoms with van der Waals surface area (Å²) in [5.74, 6) is 1.26. The first kappa shape index (κ1) is 23.0. The van der Waals surface area contributed by atoms with Crippen LogP contribution in [0.15, 0.2) is 84.9 Å². The number of nitrogens with zero attached hydrogens (tertiary/aromatic N) is 1. The van der Waals surface area contributed by atoms with Crippen LogP contribution in [0, 0.1) is 0 Å². The molecule has 1 saturated carbocycles. The maximum Gasteiger partial charge on any atom is 0.283 e. The minimum Gasteiger partial charge on any atom is -0.379 e. The van der Waals surface area contributed by atoms with Gasteiger partial charge in [0.1, 0.15) is 0 Å². The SMILES string of the molecule is NC1CCN(Cc2ccc(C(=O)NOc3ccccc3)cc2)CC1.c1ccc(C2CC2)cc1. The Bertz CT molecular complexity index is 981. The van der Waals surface area contributed by atoms with Gasteiger partial charge in [-0.25, -0.2) is 0 Å². The molecule has 3 N–H and O–H groups in total. The van der Waals surface area contributed by atoms with Gasteiger partial charge in [0.15, 0.2) is 5.75 Å². The van der Waals surface area contributed by atoms with E-state index in [9.17, 15) is 4.79 Å². The Kier molecular flexibility index (Phi) is 8.12. The van der Waals surface area contributed by atoms with Crippen molar-refractivity contribution >= 4 is 5.91 Å². The lowest BCUT2D eigenvalue weighted by Crippen LogP contribution is -2.39. The maximum atomic E-state index is 12.1. The van der Waals surface area contributed by atoms with E-state index in [1.165, 1.54) is 24.0 Å². The van der Waals surface area contributed by atoms with Crippen LogP contribution < -0.4 is 16.1 Å². The van der Waals surface area contributed by atoms with Crippen molar-refractivity contribution in [3.63, 3.8) is 0 Å². The molecule has 2 fully saturated rings. The molecule has 1 amide bonds. The van der Waals surface area contributed by atoms with Crippen molar-refractivity contribution in [3.8, 4) is 5.75 Å². The molecular formula is C28H33N3O2. The predicted octanol–water partition coefficient (Wildman–Crippen LogP) is 4.90. The first-order chi connectivity index (χ1) is 16.2. The lowest BCUT2D eigenvalue weighted by Gasteiger charge is -2.30. The Labute approximate surface area is 196 Å². The molecule has 1 saturated heterocycles. The molecule has 0 unspecified atom stereocenters. The highest BCUT2D eigenvalue weighted by molar-refractivity contribution is 5.93. The number of rotatable bonds is 6. The Morgan fingerprint density at radius 1 is 0.848 bits per heavy atom. The first-order valence-corrected chi connectivity index (χ1v) is 11.8. The minimum atomic E-state index is -0.255. The van der Waals surface area contributed by atoms with Crippen LogP contribution in [0.2, 0.25) is 0 Å². The summed E-state index contributed by atoms with van der Waals surface area (Å²) < 4.78 is 0.